The van der Waals surface area contributed by atoms with Gasteiger partial charge in [0, 0.05) is 30.5 Å². The highest BCUT2D eigenvalue weighted by atomic mass is 35.5. The first-order valence-electron chi connectivity index (χ1n) is 5.13. The van der Waals surface area contributed by atoms with Crippen molar-refractivity contribution < 1.29 is 0 Å². The Kier molecular flexibility index (Phi) is 5.27. The Labute approximate surface area is 102 Å². The molecule has 15 heavy (non-hydrogen) atoms. The molecule has 0 saturated heterocycles. The van der Waals surface area contributed by atoms with Gasteiger partial charge in [-0.05, 0) is 25.0 Å². The average molecular weight is 246 g/mol. The van der Waals surface area contributed by atoms with Gasteiger partial charge < -0.3 is 4.90 Å². The van der Waals surface area contributed by atoms with Crippen LogP contribution in [-0.4, -0.2) is 24.8 Å². The molecule has 3 heteroatoms. The molecule has 0 aliphatic heterocycles. The van der Waals surface area contributed by atoms with Crippen molar-refractivity contribution in [3.8, 4) is 0 Å². The first-order chi connectivity index (χ1) is 7.20. The van der Waals surface area contributed by atoms with E-state index < -0.39 is 0 Å². The lowest BCUT2D eigenvalue weighted by molar-refractivity contribution is 0.864. The molecule has 1 aromatic rings. The Hall–Kier alpha value is -0.400. The smallest absolute Gasteiger partial charge is 0.0426 e. The number of para-hydroxylation sites is 1. The van der Waals surface area contributed by atoms with E-state index in [2.05, 4.69) is 36.9 Å². The summed E-state index contributed by atoms with van der Waals surface area (Å²) in [5.41, 5.74) is 3.84. The van der Waals surface area contributed by atoms with Gasteiger partial charge in [-0.15, -0.1) is 23.2 Å². The van der Waals surface area contributed by atoms with E-state index in [0.29, 0.717) is 11.8 Å². The minimum absolute atomic E-state index is 0.630. The molecule has 0 spiro atoms. The summed E-state index contributed by atoms with van der Waals surface area (Å²) >= 11 is 11.6. The number of aryl methyl sites for hydroxylation is 2. The molecule has 0 atom stereocenters. The standard InChI is InChI=1S/C12H17Cl2N/c1-10-4-3-5-11(2)12(10)15(8-6-13)9-7-14/h3-5H,6-9H2,1-2H3. The van der Waals surface area contributed by atoms with Gasteiger partial charge in [-0.1, -0.05) is 18.2 Å². The summed E-state index contributed by atoms with van der Waals surface area (Å²) in [5, 5.41) is 0. The van der Waals surface area contributed by atoms with E-state index in [0.717, 1.165) is 13.1 Å². The van der Waals surface area contributed by atoms with Crippen molar-refractivity contribution in [2.45, 2.75) is 13.8 Å². The van der Waals surface area contributed by atoms with Crippen LogP contribution in [0.15, 0.2) is 18.2 Å². The third kappa shape index (κ3) is 3.29. The lowest BCUT2D eigenvalue weighted by atomic mass is 10.1. The highest BCUT2D eigenvalue weighted by Crippen LogP contribution is 2.24. The van der Waals surface area contributed by atoms with E-state index in [1.54, 1.807) is 0 Å². The van der Waals surface area contributed by atoms with E-state index in [-0.39, 0.29) is 0 Å². The number of benzene rings is 1. The van der Waals surface area contributed by atoms with Gasteiger partial charge in [-0.3, -0.25) is 0 Å². The number of nitrogens with zero attached hydrogens (tertiary/aromatic N) is 1. The van der Waals surface area contributed by atoms with Crippen molar-refractivity contribution in [2.75, 3.05) is 29.7 Å². The monoisotopic (exact) mass is 245 g/mol. The van der Waals surface area contributed by atoms with E-state index in [4.69, 9.17) is 23.2 Å². The summed E-state index contributed by atoms with van der Waals surface area (Å²) in [7, 11) is 0. The van der Waals surface area contributed by atoms with Gasteiger partial charge in [0.05, 0.1) is 0 Å². The largest absolute Gasteiger partial charge is 0.369 e. The van der Waals surface area contributed by atoms with Crippen molar-refractivity contribution in [3.63, 3.8) is 0 Å². The number of rotatable bonds is 5. The third-order valence-electron chi connectivity index (χ3n) is 2.46. The molecule has 0 amide bonds. The molecule has 0 aliphatic carbocycles. The van der Waals surface area contributed by atoms with Gasteiger partial charge in [0.25, 0.3) is 0 Å². The van der Waals surface area contributed by atoms with Crippen molar-refractivity contribution in [2.24, 2.45) is 0 Å². The van der Waals surface area contributed by atoms with Gasteiger partial charge in [-0.2, -0.15) is 0 Å². The summed E-state index contributed by atoms with van der Waals surface area (Å²) < 4.78 is 0. The quantitative estimate of drug-likeness (QED) is 0.717. The van der Waals surface area contributed by atoms with Crippen LogP contribution in [-0.2, 0) is 0 Å². The first kappa shape index (κ1) is 12.7. The minimum atomic E-state index is 0.630. The molecule has 0 aliphatic rings. The summed E-state index contributed by atoms with van der Waals surface area (Å²) in [6, 6.07) is 6.32. The molecule has 0 aromatic heterocycles. The highest BCUT2D eigenvalue weighted by molar-refractivity contribution is 6.18. The van der Waals surface area contributed by atoms with Gasteiger partial charge >= 0.3 is 0 Å². The zero-order valence-corrected chi connectivity index (χ0v) is 10.8. The Morgan fingerprint density at radius 1 is 1.00 bits per heavy atom. The molecule has 0 N–H and O–H groups in total. The van der Waals surface area contributed by atoms with Crippen LogP contribution in [0.3, 0.4) is 0 Å². The van der Waals surface area contributed by atoms with E-state index in [1.807, 2.05) is 0 Å². The molecule has 0 fully saturated rings. The van der Waals surface area contributed by atoms with Crippen LogP contribution in [0.1, 0.15) is 11.1 Å². The zero-order chi connectivity index (χ0) is 11.3. The maximum Gasteiger partial charge on any atom is 0.0426 e. The lowest BCUT2D eigenvalue weighted by Crippen LogP contribution is -2.28. The average Bonchev–Trinajstić information content (AvgIpc) is 2.18. The molecule has 84 valence electrons. The molecule has 0 unspecified atom stereocenters. The predicted molar refractivity (Wildman–Crippen MR) is 69.6 cm³/mol. The molecular weight excluding hydrogens is 229 g/mol. The van der Waals surface area contributed by atoms with Gasteiger partial charge in [0.1, 0.15) is 0 Å². The first-order valence-corrected chi connectivity index (χ1v) is 6.20. The van der Waals surface area contributed by atoms with Crippen LogP contribution in [0.4, 0.5) is 5.69 Å². The van der Waals surface area contributed by atoms with Gasteiger partial charge in [0.2, 0.25) is 0 Å². The fourth-order valence-corrected chi connectivity index (χ4v) is 2.25. The molecule has 0 bridgehead atoms. The van der Waals surface area contributed by atoms with E-state index in [9.17, 15) is 0 Å². The van der Waals surface area contributed by atoms with Crippen LogP contribution < -0.4 is 4.90 Å². The molecule has 1 aromatic carbocycles. The SMILES string of the molecule is Cc1cccc(C)c1N(CCCl)CCCl. The predicted octanol–water partition coefficient (Wildman–Crippen LogP) is 3.59. The second-order valence-corrected chi connectivity index (χ2v) is 4.36. The topological polar surface area (TPSA) is 3.24 Å². The van der Waals surface area contributed by atoms with Gasteiger partial charge in [-0.25, -0.2) is 0 Å². The number of hydrogen-bond acceptors (Lipinski definition) is 1. The molecule has 1 rings (SSSR count). The molecule has 0 saturated carbocycles. The van der Waals surface area contributed by atoms with Crippen molar-refractivity contribution in [1.82, 2.24) is 0 Å². The second-order valence-electron chi connectivity index (χ2n) is 3.61. The van der Waals surface area contributed by atoms with Crippen molar-refractivity contribution in [1.29, 1.82) is 0 Å². The molecular formula is C12H17Cl2N. The minimum Gasteiger partial charge on any atom is -0.369 e. The third-order valence-corrected chi connectivity index (χ3v) is 2.80. The van der Waals surface area contributed by atoms with Crippen molar-refractivity contribution in [3.05, 3.63) is 29.3 Å². The second kappa shape index (κ2) is 6.24. The number of alkyl halides is 2. The Balaban J connectivity index is 2.98. The zero-order valence-electron chi connectivity index (χ0n) is 9.26. The molecule has 0 heterocycles. The number of halogens is 2. The Morgan fingerprint density at radius 3 is 1.87 bits per heavy atom. The summed E-state index contributed by atoms with van der Waals surface area (Å²) in [4.78, 5) is 2.25. The van der Waals surface area contributed by atoms with E-state index in [1.165, 1.54) is 16.8 Å². The van der Waals surface area contributed by atoms with Crippen molar-refractivity contribution >= 4 is 28.9 Å². The highest BCUT2D eigenvalue weighted by Gasteiger charge is 2.10. The molecule has 0 radical (unpaired) electrons. The Morgan fingerprint density at radius 2 is 1.47 bits per heavy atom. The summed E-state index contributed by atoms with van der Waals surface area (Å²) in [5.74, 6) is 1.26. The fourth-order valence-electron chi connectivity index (χ4n) is 1.84. The van der Waals surface area contributed by atoms with E-state index >= 15 is 0 Å². The number of anilines is 1. The maximum atomic E-state index is 5.80. The normalized spacial score (nSPS) is 10.4. The lowest BCUT2D eigenvalue weighted by Gasteiger charge is -2.26. The van der Waals surface area contributed by atoms with Crippen LogP contribution in [0.5, 0.6) is 0 Å². The Bertz CT molecular complexity index is 286. The summed E-state index contributed by atoms with van der Waals surface area (Å²) in [6.45, 7) is 5.94. The van der Waals surface area contributed by atoms with Crippen LogP contribution >= 0.6 is 23.2 Å². The molecule has 1 nitrogen and oxygen atoms in total. The fraction of sp³-hybridized carbons (Fsp3) is 0.500. The van der Waals surface area contributed by atoms with Crippen LogP contribution in [0.2, 0.25) is 0 Å². The van der Waals surface area contributed by atoms with Crippen LogP contribution in [0, 0.1) is 13.8 Å². The number of hydrogen-bond donors (Lipinski definition) is 0. The van der Waals surface area contributed by atoms with Gasteiger partial charge in [0.15, 0.2) is 0 Å². The summed E-state index contributed by atoms with van der Waals surface area (Å²) in [6.07, 6.45) is 0. The maximum absolute atomic E-state index is 5.80. The van der Waals surface area contributed by atoms with Crippen LogP contribution in [0.25, 0.3) is 0 Å².